The Morgan fingerprint density at radius 2 is 2.15 bits per heavy atom. The molecule has 4 atom stereocenters. The van der Waals surface area contributed by atoms with E-state index in [0.29, 0.717) is 18.4 Å². The summed E-state index contributed by atoms with van der Waals surface area (Å²) in [7, 11) is 0. The van der Waals surface area contributed by atoms with Gasteiger partial charge in [-0.25, -0.2) is 0 Å². The molecule has 1 amide bonds. The molecule has 0 aromatic heterocycles. The highest BCUT2D eigenvalue weighted by Crippen LogP contribution is 2.46. The molecule has 0 saturated heterocycles. The first-order valence-electron chi connectivity index (χ1n) is 9.73. The number of carbonyl (C=O) groups is 1. The lowest BCUT2D eigenvalue weighted by molar-refractivity contribution is -0.123. The average Bonchev–Trinajstić information content (AvgIpc) is 3.52. The summed E-state index contributed by atoms with van der Waals surface area (Å²) in [5.41, 5.74) is 2.25. The quantitative estimate of drug-likeness (QED) is 0.670. The van der Waals surface area contributed by atoms with E-state index in [0.717, 1.165) is 29.9 Å². The summed E-state index contributed by atoms with van der Waals surface area (Å²) in [6, 6.07) is 7.27. The van der Waals surface area contributed by atoms with Crippen molar-refractivity contribution in [1.29, 1.82) is 0 Å². The van der Waals surface area contributed by atoms with Crippen LogP contribution in [0.2, 0.25) is 0 Å². The van der Waals surface area contributed by atoms with Gasteiger partial charge >= 0.3 is 0 Å². The molecule has 146 valence electrons. The fourth-order valence-electron chi connectivity index (χ4n) is 3.20. The lowest BCUT2D eigenvalue weighted by Crippen LogP contribution is -2.32. The number of allylic oxidation sites excluding steroid dienone is 2. The molecule has 1 aromatic carbocycles. The van der Waals surface area contributed by atoms with Crippen molar-refractivity contribution >= 4 is 17.7 Å². The molecule has 2 aliphatic rings. The highest BCUT2D eigenvalue weighted by Gasteiger charge is 2.45. The number of carbonyl (C=O) groups excluding carboxylic acids is 1. The SMILES string of the molecule is CC[C@H](C)COc1ccc([C@H](CO)NC(=O)[C@H]2C[C@@H]2C2=CC=CSC2)cc1. The molecule has 27 heavy (non-hydrogen) atoms. The minimum Gasteiger partial charge on any atom is -0.493 e. The summed E-state index contributed by atoms with van der Waals surface area (Å²) < 4.78 is 5.77. The molecule has 0 radical (unpaired) electrons. The molecule has 0 spiro atoms. The Morgan fingerprint density at radius 1 is 1.37 bits per heavy atom. The van der Waals surface area contributed by atoms with E-state index < -0.39 is 0 Å². The lowest BCUT2D eigenvalue weighted by atomic mass is 10.1. The van der Waals surface area contributed by atoms with Gasteiger partial charge in [0.1, 0.15) is 5.75 Å². The van der Waals surface area contributed by atoms with Crippen LogP contribution in [0.3, 0.4) is 0 Å². The van der Waals surface area contributed by atoms with Crippen molar-refractivity contribution in [2.75, 3.05) is 19.0 Å². The van der Waals surface area contributed by atoms with Gasteiger partial charge in [0.25, 0.3) is 0 Å². The zero-order valence-corrected chi connectivity index (χ0v) is 16.9. The summed E-state index contributed by atoms with van der Waals surface area (Å²) in [5.74, 6) is 2.75. The smallest absolute Gasteiger partial charge is 0.224 e. The Bertz CT molecular complexity index is 698. The highest BCUT2D eigenvalue weighted by atomic mass is 32.2. The maximum atomic E-state index is 12.6. The molecule has 0 unspecified atom stereocenters. The van der Waals surface area contributed by atoms with Crippen LogP contribution in [-0.2, 0) is 4.79 Å². The van der Waals surface area contributed by atoms with Gasteiger partial charge in [-0.3, -0.25) is 4.79 Å². The van der Waals surface area contributed by atoms with Crippen molar-refractivity contribution in [3.8, 4) is 5.75 Å². The van der Waals surface area contributed by atoms with Crippen LogP contribution < -0.4 is 10.1 Å². The van der Waals surface area contributed by atoms with E-state index in [-0.39, 0.29) is 24.5 Å². The molecular weight excluding hydrogens is 358 g/mol. The summed E-state index contributed by atoms with van der Waals surface area (Å²) >= 11 is 1.78. The molecule has 1 heterocycles. The van der Waals surface area contributed by atoms with E-state index >= 15 is 0 Å². The van der Waals surface area contributed by atoms with Gasteiger partial charge in [0, 0.05) is 11.7 Å². The number of rotatable bonds is 9. The molecule has 2 N–H and O–H groups in total. The minimum atomic E-state index is -0.378. The van der Waals surface area contributed by atoms with Crippen LogP contribution in [0.5, 0.6) is 5.75 Å². The molecule has 1 fully saturated rings. The molecular formula is C22H29NO3S. The second-order valence-corrected chi connectivity index (χ2v) is 8.36. The van der Waals surface area contributed by atoms with Crippen molar-refractivity contribution < 1.29 is 14.6 Å². The summed E-state index contributed by atoms with van der Waals surface area (Å²) in [5, 5.41) is 14.8. The van der Waals surface area contributed by atoms with E-state index in [1.165, 1.54) is 5.57 Å². The molecule has 1 saturated carbocycles. The van der Waals surface area contributed by atoms with Crippen molar-refractivity contribution in [2.24, 2.45) is 17.8 Å². The van der Waals surface area contributed by atoms with E-state index in [9.17, 15) is 9.90 Å². The van der Waals surface area contributed by atoms with Gasteiger partial charge in [0.15, 0.2) is 0 Å². The van der Waals surface area contributed by atoms with Crippen molar-refractivity contribution in [3.63, 3.8) is 0 Å². The largest absolute Gasteiger partial charge is 0.493 e. The van der Waals surface area contributed by atoms with Crippen molar-refractivity contribution in [2.45, 2.75) is 32.7 Å². The Kier molecular flexibility index (Phi) is 7.02. The van der Waals surface area contributed by atoms with Gasteiger partial charge in [0.2, 0.25) is 5.91 Å². The van der Waals surface area contributed by atoms with Crippen LogP contribution in [0.4, 0.5) is 0 Å². The second kappa shape index (κ2) is 9.47. The normalized spacial score (nSPS) is 23.3. The predicted molar refractivity (Wildman–Crippen MR) is 111 cm³/mol. The molecule has 5 heteroatoms. The third-order valence-electron chi connectivity index (χ3n) is 5.35. The number of benzene rings is 1. The maximum Gasteiger partial charge on any atom is 0.224 e. The number of hydrogen-bond acceptors (Lipinski definition) is 4. The van der Waals surface area contributed by atoms with E-state index in [1.807, 2.05) is 24.3 Å². The van der Waals surface area contributed by atoms with Gasteiger partial charge in [-0.05, 0) is 41.4 Å². The first-order chi connectivity index (χ1) is 13.1. The average molecular weight is 388 g/mol. The number of amides is 1. The van der Waals surface area contributed by atoms with Gasteiger partial charge < -0.3 is 15.2 Å². The van der Waals surface area contributed by atoms with Gasteiger partial charge in [-0.2, -0.15) is 0 Å². The maximum absolute atomic E-state index is 12.6. The fourth-order valence-corrected chi connectivity index (χ4v) is 3.99. The number of thioether (sulfide) groups is 1. The fraction of sp³-hybridized carbons (Fsp3) is 0.500. The molecule has 4 nitrogen and oxygen atoms in total. The molecule has 3 rings (SSSR count). The first-order valence-corrected chi connectivity index (χ1v) is 10.8. The lowest BCUT2D eigenvalue weighted by Gasteiger charge is -2.18. The van der Waals surface area contributed by atoms with Crippen LogP contribution in [0, 0.1) is 17.8 Å². The minimum absolute atomic E-state index is 0.0375. The Morgan fingerprint density at radius 3 is 2.78 bits per heavy atom. The summed E-state index contributed by atoms with van der Waals surface area (Å²) in [4.78, 5) is 12.6. The number of nitrogens with one attached hydrogen (secondary N) is 1. The summed E-state index contributed by atoms with van der Waals surface area (Å²) in [6.45, 7) is 4.89. The third-order valence-corrected chi connectivity index (χ3v) is 6.20. The monoisotopic (exact) mass is 387 g/mol. The van der Waals surface area contributed by atoms with Gasteiger partial charge in [-0.15, -0.1) is 11.8 Å². The highest BCUT2D eigenvalue weighted by molar-refractivity contribution is 8.02. The first kappa shape index (κ1) is 20.0. The Balaban J connectivity index is 1.53. The van der Waals surface area contributed by atoms with Crippen LogP contribution in [0.25, 0.3) is 0 Å². The zero-order valence-electron chi connectivity index (χ0n) is 16.1. The standard InChI is InChI=1S/C22H29NO3S/c1-3-15(2)13-26-18-8-6-16(7-9-18)21(12-24)23-22(25)20-11-19(20)17-5-4-10-27-14-17/h4-10,15,19-21,24H,3,11-14H2,1-2H3,(H,23,25)/t15-,19+,20-,21-/m0/s1. The molecule has 0 bridgehead atoms. The van der Waals surface area contributed by atoms with E-state index in [1.54, 1.807) is 11.8 Å². The second-order valence-electron chi connectivity index (χ2n) is 7.47. The van der Waals surface area contributed by atoms with Crippen molar-refractivity contribution in [1.82, 2.24) is 5.32 Å². The van der Waals surface area contributed by atoms with Gasteiger partial charge in [-0.1, -0.05) is 50.1 Å². The molecule has 1 aliphatic carbocycles. The van der Waals surface area contributed by atoms with Crippen LogP contribution >= 0.6 is 11.8 Å². The molecule has 1 aliphatic heterocycles. The number of aliphatic hydroxyl groups excluding tert-OH is 1. The summed E-state index contributed by atoms with van der Waals surface area (Å²) in [6.07, 6.45) is 6.19. The van der Waals surface area contributed by atoms with Crippen LogP contribution in [-0.4, -0.2) is 30.0 Å². The van der Waals surface area contributed by atoms with E-state index in [4.69, 9.17) is 4.74 Å². The Labute approximate surface area is 166 Å². The number of ether oxygens (including phenoxy) is 1. The third kappa shape index (κ3) is 5.39. The van der Waals surface area contributed by atoms with Crippen molar-refractivity contribution in [3.05, 3.63) is 53.0 Å². The topological polar surface area (TPSA) is 58.6 Å². The van der Waals surface area contributed by atoms with E-state index in [2.05, 4.69) is 36.7 Å². The Hall–Kier alpha value is -1.72. The number of aliphatic hydroxyl groups is 1. The zero-order chi connectivity index (χ0) is 19.2. The predicted octanol–water partition coefficient (Wildman–Crippen LogP) is 4.08. The van der Waals surface area contributed by atoms with Gasteiger partial charge in [0.05, 0.1) is 19.3 Å². The molecule has 1 aromatic rings. The van der Waals surface area contributed by atoms with Crippen LogP contribution in [0.1, 0.15) is 38.3 Å². The number of hydrogen-bond donors (Lipinski definition) is 2. The van der Waals surface area contributed by atoms with Crippen LogP contribution in [0.15, 0.2) is 47.4 Å².